The van der Waals surface area contributed by atoms with Crippen molar-refractivity contribution in [2.24, 2.45) is 4.36 Å². The van der Waals surface area contributed by atoms with E-state index in [4.69, 9.17) is 4.42 Å². The summed E-state index contributed by atoms with van der Waals surface area (Å²) in [6.07, 6.45) is 0.799. The molecule has 1 aliphatic heterocycles. The third-order valence-electron chi connectivity index (χ3n) is 2.16. The van der Waals surface area contributed by atoms with Gasteiger partial charge in [0.05, 0.1) is 7.11 Å². The summed E-state index contributed by atoms with van der Waals surface area (Å²) in [5.41, 5.74) is 0. The van der Waals surface area contributed by atoms with Gasteiger partial charge in [0.1, 0.15) is 9.73 Å². The van der Waals surface area contributed by atoms with Crippen molar-refractivity contribution >= 4 is 15.7 Å². The summed E-state index contributed by atoms with van der Waals surface area (Å²) < 4.78 is 25.8. The van der Waals surface area contributed by atoms with Gasteiger partial charge < -0.3 is 9.15 Å². The van der Waals surface area contributed by atoms with Gasteiger partial charge in [-0.25, -0.2) is 13.4 Å². The molecule has 0 aromatic carbocycles. The first-order valence-corrected chi connectivity index (χ1v) is 6.23. The molecule has 0 fully saturated rings. The highest BCUT2D eigenvalue weighted by Crippen LogP contribution is 2.22. The van der Waals surface area contributed by atoms with Crippen LogP contribution in [0.5, 0.6) is 0 Å². The zero-order valence-electron chi connectivity index (χ0n) is 8.26. The minimum Gasteiger partial charge on any atom is -0.463 e. The smallest absolute Gasteiger partial charge is 0.374 e. The molecule has 0 bridgehead atoms. The van der Waals surface area contributed by atoms with Crippen LogP contribution in [0, 0.1) is 0 Å². The Bertz CT molecular complexity index is 496. The Morgan fingerprint density at radius 2 is 2.40 bits per heavy atom. The molecule has 2 rings (SSSR count). The lowest BCUT2D eigenvalue weighted by Crippen LogP contribution is -2.01. The second kappa shape index (κ2) is 3.69. The molecule has 82 valence electrons. The Hall–Kier alpha value is -1.30. The van der Waals surface area contributed by atoms with E-state index in [-0.39, 0.29) is 10.9 Å². The largest absolute Gasteiger partial charge is 0.463 e. The molecular weight excluding hydrogens is 218 g/mol. The number of methoxy groups -OCH3 is 1. The Morgan fingerprint density at radius 1 is 1.60 bits per heavy atom. The van der Waals surface area contributed by atoms with Gasteiger partial charge in [-0.1, -0.05) is 0 Å². The van der Waals surface area contributed by atoms with Crippen molar-refractivity contribution in [3.8, 4) is 0 Å². The van der Waals surface area contributed by atoms with Gasteiger partial charge in [0.2, 0.25) is 5.76 Å². The number of furan rings is 1. The minimum atomic E-state index is -2.40. The molecule has 1 aromatic rings. The zero-order chi connectivity index (χ0) is 10.9. The number of hydrogen-bond donors (Lipinski definition) is 0. The molecule has 1 atom stereocenters. The van der Waals surface area contributed by atoms with Crippen LogP contribution < -0.4 is 0 Å². The molecule has 0 saturated heterocycles. The highest BCUT2D eigenvalue weighted by Gasteiger charge is 2.22. The van der Waals surface area contributed by atoms with E-state index in [0.29, 0.717) is 12.3 Å². The van der Waals surface area contributed by atoms with Crippen LogP contribution in [-0.2, 0) is 14.5 Å². The molecule has 15 heavy (non-hydrogen) atoms. The Labute approximate surface area is 87.6 Å². The van der Waals surface area contributed by atoms with E-state index in [9.17, 15) is 9.00 Å². The third-order valence-corrected chi connectivity index (χ3v) is 4.45. The van der Waals surface area contributed by atoms with E-state index in [1.807, 2.05) is 0 Å². The Balaban J connectivity index is 2.36. The van der Waals surface area contributed by atoms with E-state index in [0.717, 1.165) is 6.42 Å². The predicted octanol–water partition coefficient (Wildman–Crippen LogP) is 1.30. The van der Waals surface area contributed by atoms with Crippen molar-refractivity contribution in [1.82, 2.24) is 0 Å². The zero-order valence-corrected chi connectivity index (χ0v) is 9.08. The monoisotopic (exact) mass is 229 g/mol. The summed E-state index contributed by atoms with van der Waals surface area (Å²) in [5, 5.41) is 0.278. The van der Waals surface area contributed by atoms with Gasteiger partial charge in [0, 0.05) is 12.3 Å². The second-order valence-electron chi connectivity index (χ2n) is 3.16. The quantitative estimate of drug-likeness (QED) is 0.717. The lowest BCUT2D eigenvalue weighted by atomic mass is 10.5. The number of nitrogens with zero attached hydrogens (tertiary/aromatic N) is 1. The standard InChI is InChI=1S/C9H11NO4S/c1-13-9(11)7-3-4-8(14-7)15(12)6-2-5-10-15/h3-4H,2,5-6H2,1H3. The molecule has 2 heterocycles. The summed E-state index contributed by atoms with van der Waals surface area (Å²) in [4.78, 5) is 11.1. The van der Waals surface area contributed by atoms with E-state index in [1.54, 1.807) is 0 Å². The fourth-order valence-corrected chi connectivity index (χ4v) is 3.31. The van der Waals surface area contributed by atoms with Crippen LogP contribution in [0.25, 0.3) is 0 Å². The summed E-state index contributed by atoms with van der Waals surface area (Å²) in [7, 11) is -1.13. The number of carbonyl (C=O) groups excluding carboxylic acids is 1. The molecule has 5 nitrogen and oxygen atoms in total. The third kappa shape index (κ3) is 1.77. The maximum absolute atomic E-state index is 12.1. The van der Waals surface area contributed by atoms with Crippen molar-refractivity contribution in [2.45, 2.75) is 11.5 Å². The number of esters is 1. The van der Waals surface area contributed by atoms with Crippen LogP contribution >= 0.6 is 0 Å². The fourth-order valence-electron chi connectivity index (χ4n) is 1.40. The van der Waals surface area contributed by atoms with Gasteiger partial charge in [-0.15, -0.1) is 0 Å². The van der Waals surface area contributed by atoms with Crippen LogP contribution in [0.2, 0.25) is 0 Å². The van der Waals surface area contributed by atoms with Gasteiger partial charge in [0.15, 0.2) is 5.09 Å². The molecule has 0 N–H and O–H groups in total. The van der Waals surface area contributed by atoms with Crippen LogP contribution in [0.3, 0.4) is 0 Å². The summed E-state index contributed by atoms with van der Waals surface area (Å²) in [5.74, 6) is 0.000721. The molecule has 0 spiro atoms. The maximum Gasteiger partial charge on any atom is 0.374 e. The lowest BCUT2D eigenvalue weighted by molar-refractivity contribution is 0.0559. The molecule has 0 aliphatic carbocycles. The first-order chi connectivity index (χ1) is 7.15. The molecule has 1 aromatic heterocycles. The average molecular weight is 229 g/mol. The first-order valence-electron chi connectivity index (χ1n) is 4.54. The first kappa shape index (κ1) is 10.2. The molecular formula is C9H11NO4S. The van der Waals surface area contributed by atoms with Gasteiger partial charge >= 0.3 is 5.97 Å². The summed E-state index contributed by atoms with van der Waals surface area (Å²) >= 11 is 0. The van der Waals surface area contributed by atoms with E-state index in [2.05, 4.69) is 9.10 Å². The van der Waals surface area contributed by atoms with Gasteiger partial charge in [-0.2, -0.15) is 0 Å². The molecule has 1 aliphatic rings. The predicted molar refractivity (Wildman–Crippen MR) is 53.2 cm³/mol. The van der Waals surface area contributed by atoms with Crippen LogP contribution in [0.15, 0.2) is 26.0 Å². The number of hydrogen-bond acceptors (Lipinski definition) is 5. The van der Waals surface area contributed by atoms with Crippen molar-refractivity contribution in [1.29, 1.82) is 0 Å². The normalized spacial score (nSPS) is 24.9. The lowest BCUT2D eigenvalue weighted by Gasteiger charge is -1.98. The van der Waals surface area contributed by atoms with E-state index >= 15 is 0 Å². The SMILES string of the molecule is COC(=O)c1ccc(S2(=O)=NCCC2)o1. The van der Waals surface area contributed by atoms with Crippen molar-refractivity contribution in [3.63, 3.8) is 0 Å². The maximum atomic E-state index is 12.1. The average Bonchev–Trinajstić information content (AvgIpc) is 2.85. The second-order valence-corrected chi connectivity index (χ2v) is 5.51. The number of carbonyl (C=O) groups is 1. The van der Waals surface area contributed by atoms with Crippen molar-refractivity contribution < 1.29 is 18.2 Å². The van der Waals surface area contributed by atoms with Crippen molar-refractivity contribution in [2.75, 3.05) is 19.4 Å². The van der Waals surface area contributed by atoms with E-state index < -0.39 is 15.7 Å². The molecule has 0 saturated carbocycles. The topological polar surface area (TPSA) is 68.9 Å². The van der Waals surface area contributed by atoms with E-state index in [1.165, 1.54) is 19.2 Å². The van der Waals surface area contributed by atoms with Crippen LogP contribution in [0.1, 0.15) is 17.0 Å². The number of rotatable bonds is 2. The Morgan fingerprint density at radius 3 is 3.00 bits per heavy atom. The fraction of sp³-hybridized carbons (Fsp3) is 0.444. The van der Waals surface area contributed by atoms with Gasteiger partial charge in [-0.05, 0) is 18.6 Å². The van der Waals surface area contributed by atoms with Crippen LogP contribution in [0.4, 0.5) is 0 Å². The molecule has 0 amide bonds. The minimum absolute atomic E-state index is 0.0670. The van der Waals surface area contributed by atoms with Crippen molar-refractivity contribution in [3.05, 3.63) is 17.9 Å². The highest BCUT2D eigenvalue weighted by molar-refractivity contribution is 7.93. The number of ether oxygens (including phenoxy) is 1. The van der Waals surface area contributed by atoms with Crippen LogP contribution in [-0.4, -0.2) is 29.6 Å². The highest BCUT2D eigenvalue weighted by atomic mass is 32.2. The summed E-state index contributed by atoms with van der Waals surface area (Å²) in [6, 6.07) is 2.99. The Kier molecular flexibility index (Phi) is 2.52. The molecule has 1 unspecified atom stereocenters. The molecule has 0 radical (unpaired) electrons. The summed E-state index contributed by atoms with van der Waals surface area (Å²) in [6.45, 7) is 0.590. The van der Waals surface area contributed by atoms with Gasteiger partial charge in [-0.3, -0.25) is 0 Å². The van der Waals surface area contributed by atoms with Gasteiger partial charge in [0.25, 0.3) is 0 Å². The molecule has 6 heteroatoms.